The zero-order chi connectivity index (χ0) is 26.6. The number of carbonyl (C=O) groups excluding carboxylic acids is 2. The van der Waals surface area contributed by atoms with Crippen molar-refractivity contribution < 1.29 is 29.4 Å². The number of nitrogens with one attached hydrogen (secondary N) is 1. The SMILES string of the molecule is NC(=O)CCCCCCCCCCCCCCCCCCC(=O)Nc1cc(C(=O)O)cc(C(=O)O)c1. The highest BCUT2D eigenvalue weighted by Gasteiger charge is 2.13. The van der Waals surface area contributed by atoms with E-state index in [0.29, 0.717) is 12.8 Å². The number of amides is 2. The van der Waals surface area contributed by atoms with Crippen LogP contribution < -0.4 is 11.1 Å². The summed E-state index contributed by atoms with van der Waals surface area (Å²) in [6, 6.07) is 3.61. The summed E-state index contributed by atoms with van der Waals surface area (Å²) in [4.78, 5) is 45.1. The molecule has 36 heavy (non-hydrogen) atoms. The van der Waals surface area contributed by atoms with Crippen molar-refractivity contribution in [2.75, 3.05) is 5.32 Å². The van der Waals surface area contributed by atoms with E-state index in [1.54, 1.807) is 0 Å². The number of carbonyl (C=O) groups is 4. The number of benzene rings is 1. The van der Waals surface area contributed by atoms with E-state index >= 15 is 0 Å². The maximum atomic E-state index is 12.1. The lowest BCUT2D eigenvalue weighted by Gasteiger charge is -2.08. The van der Waals surface area contributed by atoms with Crippen LogP contribution in [-0.4, -0.2) is 34.0 Å². The van der Waals surface area contributed by atoms with Gasteiger partial charge in [0.2, 0.25) is 11.8 Å². The van der Waals surface area contributed by atoms with E-state index in [2.05, 4.69) is 5.32 Å². The molecule has 0 spiro atoms. The van der Waals surface area contributed by atoms with Crippen LogP contribution in [0.1, 0.15) is 136 Å². The van der Waals surface area contributed by atoms with Gasteiger partial charge in [-0.1, -0.05) is 89.9 Å². The van der Waals surface area contributed by atoms with E-state index in [9.17, 15) is 19.2 Å². The van der Waals surface area contributed by atoms with Gasteiger partial charge in [0.25, 0.3) is 0 Å². The standard InChI is InChI=1S/C28H44N2O6/c29-25(31)17-15-13-11-9-7-5-3-1-2-4-6-8-10-12-14-16-18-26(32)30-24-20-22(27(33)34)19-23(21-24)28(35)36/h19-21H,1-18H2,(H2,29,31)(H,30,32)(H,33,34)(H,35,36). The predicted molar refractivity (Wildman–Crippen MR) is 141 cm³/mol. The molecule has 8 heteroatoms. The molecular formula is C28H44N2O6. The number of unbranched alkanes of at least 4 members (excludes halogenated alkanes) is 15. The van der Waals surface area contributed by atoms with Gasteiger partial charge in [0.05, 0.1) is 11.1 Å². The molecule has 0 bridgehead atoms. The van der Waals surface area contributed by atoms with E-state index in [1.807, 2.05) is 0 Å². The fourth-order valence-corrected chi connectivity index (χ4v) is 4.23. The van der Waals surface area contributed by atoms with Crippen LogP contribution in [0.25, 0.3) is 0 Å². The van der Waals surface area contributed by atoms with Gasteiger partial charge in [-0.2, -0.15) is 0 Å². The smallest absolute Gasteiger partial charge is 0.335 e. The van der Waals surface area contributed by atoms with Crippen molar-refractivity contribution >= 4 is 29.4 Å². The van der Waals surface area contributed by atoms with Gasteiger partial charge >= 0.3 is 11.9 Å². The molecule has 0 fully saturated rings. The number of carboxylic acid groups (broad SMARTS) is 2. The first-order valence-corrected chi connectivity index (χ1v) is 13.5. The molecule has 0 saturated carbocycles. The molecule has 0 aliphatic rings. The third kappa shape index (κ3) is 15.9. The predicted octanol–water partition coefficient (Wildman–Crippen LogP) is 6.53. The average molecular weight is 505 g/mol. The minimum atomic E-state index is -1.24. The highest BCUT2D eigenvalue weighted by atomic mass is 16.4. The Hall–Kier alpha value is -2.90. The Labute approximate surface area is 215 Å². The highest BCUT2D eigenvalue weighted by molar-refractivity contribution is 5.98. The second-order valence-electron chi connectivity index (χ2n) is 9.58. The maximum absolute atomic E-state index is 12.1. The van der Waals surface area contributed by atoms with Crippen molar-refractivity contribution in [2.24, 2.45) is 5.73 Å². The number of hydrogen-bond acceptors (Lipinski definition) is 4. The van der Waals surface area contributed by atoms with Gasteiger partial charge in [-0.3, -0.25) is 9.59 Å². The number of rotatable bonds is 22. The minimum absolute atomic E-state index is 0.171. The molecule has 1 rings (SSSR count). The molecule has 0 aliphatic carbocycles. The van der Waals surface area contributed by atoms with Crippen LogP contribution in [0.4, 0.5) is 5.69 Å². The normalized spacial score (nSPS) is 10.8. The highest BCUT2D eigenvalue weighted by Crippen LogP contribution is 2.17. The number of hydrogen-bond donors (Lipinski definition) is 4. The second-order valence-corrected chi connectivity index (χ2v) is 9.58. The van der Waals surface area contributed by atoms with Gasteiger partial charge in [0.15, 0.2) is 0 Å². The molecule has 8 nitrogen and oxygen atoms in total. The fourth-order valence-electron chi connectivity index (χ4n) is 4.23. The molecule has 0 saturated heterocycles. The second kappa shape index (κ2) is 19.3. The summed E-state index contributed by atoms with van der Waals surface area (Å²) in [5, 5.41) is 20.8. The average Bonchev–Trinajstić information content (AvgIpc) is 2.82. The molecular weight excluding hydrogens is 460 g/mol. The first-order valence-electron chi connectivity index (χ1n) is 13.5. The fraction of sp³-hybridized carbons (Fsp3) is 0.643. The van der Waals surface area contributed by atoms with Gasteiger partial charge in [0.1, 0.15) is 0 Å². The Kier molecular flexibility index (Phi) is 16.7. The van der Waals surface area contributed by atoms with E-state index < -0.39 is 11.9 Å². The lowest BCUT2D eigenvalue weighted by atomic mass is 10.0. The van der Waals surface area contributed by atoms with Crippen LogP contribution in [0.2, 0.25) is 0 Å². The van der Waals surface area contributed by atoms with Crippen molar-refractivity contribution in [1.29, 1.82) is 0 Å². The van der Waals surface area contributed by atoms with Crippen molar-refractivity contribution in [1.82, 2.24) is 0 Å². The van der Waals surface area contributed by atoms with Gasteiger partial charge in [-0.25, -0.2) is 9.59 Å². The Bertz CT molecular complexity index is 792. The van der Waals surface area contributed by atoms with Gasteiger partial charge < -0.3 is 21.3 Å². The molecule has 1 aromatic rings. The monoisotopic (exact) mass is 504 g/mol. The lowest BCUT2D eigenvalue weighted by Crippen LogP contribution is -2.13. The third-order valence-electron chi connectivity index (χ3n) is 6.29. The van der Waals surface area contributed by atoms with Gasteiger partial charge in [-0.05, 0) is 31.0 Å². The van der Waals surface area contributed by atoms with Crippen molar-refractivity contribution in [2.45, 2.75) is 116 Å². The third-order valence-corrected chi connectivity index (χ3v) is 6.29. The van der Waals surface area contributed by atoms with Crippen LogP contribution in [-0.2, 0) is 9.59 Å². The number of aromatic carboxylic acids is 2. The summed E-state index contributed by atoms with van der Waals surface area (Å²) < 4.78 is 0. The molecule has 0 aliphatic heterocycles. The van der Waals surface area contributed by atoms with E-state index in [1.165, 1.54) is 82.8 Å². The number of anilines is 1. The first kappa shape index (κ1) is 31.1. The minimum Gasteiger partial charge on any atom is -0.478 e. The van der Waals surface area contributed by atoms with Crippen LogP contribution in [0.15, 0.2) is 18.2 Å². The molecule has 1 aromatic carbocycles. The van der Waals surface area contributed by atoms with Crippen LogP contribution in [0.5, 0.6) is 0 Å². The van der Waals surface area contributed by atoms with Crippen LogP contribution >= 0.6 is 0 Å². The Morgan fingerprint density at radius 3 is 1.22 bits per heavy atom. The topological polar surface area (TPSA) is 147 Å². The summed E-state index contributed by atoms with van der Waals surface area (Å²) in [5.74, 6) is -2.92. The maximum Gasteiger partial charge on any atom is 0.335 e. The molecule has 202 valence electrons. The first-order chi connectivity index (χ1) is 17.3. The number of primary amides is 1. The molecule has 5 N–H and O–H groups in total. The van der Waals surface area contributed by atoms with Crippen molar-refractivity contribution in [3.63, 3.8) is 0 Å². The Morgan fingerprint density at radius 1 is 0.556 bits per heavy atom. The summed E-state index contributed by atoms with van der Waals surface area (Å²) in [6.07, 6.45) is 19.5. The molecule has 2 amide bonds. The molecule has 0 aromatic heterocycles. The van der Waals surface area contributed by atoms with Gasteiger partial charge in [-0.15, -0.1) is 0 Å². The molecule has 0 unspecified atom stereocenters. The summed E-state index contributed by atoms with van der Waals surface area (Å²) in [7, 11) is 0. The van der Waals surface area contributed by atoms with E-state index in [0.717, 1.165) is 38.2 Å². The quantitative estimate of drug-likeness (QED) is 0.132. The number of nitrogens with two attached hydrogens (primary N) is 1. The van der Waals surface area contributed by atoms with E-state index in [-0.39, 0.29) is 28.6 Å². The summed E-state index contributed by atoms with van der Waals surface area (Å²) >= 11 is 0. The zero-order valence-corrected chi connectivity index (χ0v) is 21.6. The van der Waals surface area contributed by atoms with Crippen molar-refractivity contribution in [3.8, 4) is 0 Å². The summed E-state index contributed by atoms with van der Waals surface area (Å²) in [6.45, 7) is 0. The number of carboxylic acids is 2. The lowest BCUT2D eigenvalue weighted by molar-refractivity contribution is -0.118. The van der Waals surface area contributed by atoms with Crippen molar-refractivity contribution in [3.05, 3.63) is 29.3 Å². The Morgan fingerprint density at radius 2 is 0.889 bits per heavy atom. The van der Waals surface area contributed by atoms with Crippen LogP contribution in [0.3, 0.4) is 0 Å². The molecule has 0 heterocycles. The molecule has 0 atom stereocenters. The largest absolute Gasteiger partial charge is 0.478 e. The zero-order valence-electron chi connectivity index (χ0n) is 21.6. The Balaban J connectivity index is 1.96. The van der Waals surface area contributed by atoms with Crippen LogP contribution in [0, 0.1) is 0 Å². The van der Waals surface area contributed by atoms with Gasteiger partial charge in [0, 0.05) is 18.5 Å². The molecule has 0 radical (unpaired) electrons. The van der Waals surface area contributed by atoms with E-state index in [4.69, 9.17) is 15.9 Å². The summed E-state index contributed by atoms with van der Waals surface area (Å²) in [5.41, 5.74) is 4.98.